The molecule has 0 atom stereocenters. The molecule has 0 saturated carbocycles. The lowest BCUT2D eigenvalue weighted by Gasteiger charge is -2.31. The quantitative estimate of drug-likeness (QED) is 0.753. The maximum atomic E-state index is 12.7. The highest BCUT2D eigenvalue weighted by atomic mass is 32.1. The van der Waals surface area contributed by atoms with E-state index in [2.05, 4.69) is 4.98 Å². The molecule has 0 unspecified atom stereocenters. The molecule has 26 heavy (non-hydrogen) atoms. The zero-order valence-electron chi connectivity index (χ0n) is 15.0. The summed E-state index contributed by atoms with van der Waals surface area (Å²) in [5, 5.41) is 2.68. The highest BCUT2D eigenvalue weighted by Gasteiger charge is 2.25. The Morgan fingerprint density at radius 1 is 1.31 bits per heavy atom. The summed E-state index contributed by atoms with van der Waals surface area (Å²) >= 11 is 1.49. The lowest BCUT2D eigenvalue weighted by Crippen LogP contribution is -2.41. The van der Waals surface area contributed by atoms with E-state index in [1.165, 1.54) is 11.3 Å². The fourth-order valence-corrected chi connectivity index (χ4v) is 3.76. The zero-order valence-corrected chi connectivity index (χ0v) is 15.8. The van der Waals surface area contributed by atoms with Crippen LogP contribution in [-0.4, -0.2) is 55.2 Å². The van der Waals surface area contributed by atoms with Crippen LogP contribution in [0.3, 0.4) is 0 Å². The first-order valence-corrected chi connectivity index (χ1v) is 9.80. The van der Waals surface area contributed by atoms with Gasteiger partial charge in [0.15, 0.2) is 0 Å². The molecule has 0 aliphatic carbocycles. The number of nitrogens with two attached hydrogens (primary N) is 1. The van der Waals surface area contributed by atoms with Crippen molar-refractivity contribution in [2.45, 2.75) is 25.4 Å². The molecule has 0 bridgehead atoms. The minimum Gasteiger partial charge on any atom is -0.497 e. The number of carbonyl (C=O) groups excluding carboxylic acids is 1. The molecular formula is C19H25N3O3S. The van der Waals surface area contributed by atoms with Gasteiger partial charge in [-0.3, -0.25) is 4.79 Å². The van der Waals surface area contributed by atoms with E-state index >= 15 is 0 Å². The number of thiazole rings is 1. The average Bonchev–Trinajstić information content (AvgIpc) is 3.18. The van der Waals surface area contributed by atoms with Crippen LogP contribution in [0.15, 0.2) is 29.6 Å². The third-order valence-electron chi connectivity index (χ3n) is 4.49. The normalized spacial score (nSPS) is 15.2. The molecule has 1 aliphatic heterocycles. The number of methoxy groups -OCH3 is 1. The Kier molecular flexibility index (Phi) is 6.60. The first-order chi connectivity index (χ1) is 12.7. The number of nitrogens with zero attached hydrogens (tertiary/aromatic N) is 2. The maximum absolute atomic E-state index is 12.7. The number of ether oxygens (including phenoxy) is 2. The smallest absolute Gasteiger partial charge is 0.273 e. The standard InChI is InChI=1S/C19H25N3O3S/c1-24-15-5-3-14(4-6-15)18-21-17(13-26-18)19(23)22-10-7-16(8-11-22)25-12-2-9-20/h3-6,13,16H,2,7-12,20H2,1H3. The van der Waals surface area contributed by atoms with Crippen LogP contribution >= 0.6 is 11.3 Å². The molecule has 2 aromatic rings. The molecule has 3 rings (SSSR count). The Morgan fingerprint density at radius 3 is 2.69 bits per heavy atom. The van der Waals surface area contributed by atoms with E-state index in [1.54, 1.807) is 7.11 Å². The number of benzene rings is 1. The third kappa shape index (κ3) is 4.60. The Bertz CT molecular complexity index is 709. The molecule has 2 heterocycles. The molecule has 1 fully saturated rings. The van der Waals surface area contributed by atoms with Gasteiger partial charge in [0.1, 0.15) is 16.5 Å². The minimum atomic E-state index is 0.00131. The predicted molar refractivity (Wildman–Crippen MR) is 103 cm³/mol. The molecule has 1 aliphatic rings. The molecule has 1 aromatic carbocycles. The van der Waals surface area contributed by atoms with Gasteiger partial charge in [-0.2, -0.15) is 0 Å². The van der Waals surface area contributed by atoms with Gasteiger partial charge in [-0.15, -0.1) is 11.3 Å². The lowest BCUT2D eigenvalue weighted by atomic mass is 10.1. The van der Waals surface area contributed by atoms with E-state index in [0.29, 0.717) is 31.9 Å². The summed E-state index contributed by atoms with van der Waals surface area (Å²) in [6.45, 7) is 2.77. The molecular weight excluding hydrogens is 350 g/mol. The largest absolute Gasteiger partial charge is 0.497 e. The van der Waals surface area contributed by atoms with Crippen LogP contribution < -0.4 is 10.5 Å². The summed E-state index contributed by atoms with van der Waals surface area (Å²) in [5.74, 6) is 0.805. The summed E-state index contributed by atoms with van der Waals surface area (Å²) in [4.78, 5) is 19.1. The summed E-state index contributed by atoms with van der Waals surface area (Å²) in [6, 6.07) is 7.70. The van der Waals surface area contributed by atoms with Gasteiger partial charge in [0.2, 0.25) is 0 Å². The van der Waals surface area contributed by atoms with Gasteiger partial charge in [-0.25, -0.2) is 4.98 Å². The summed E-state index contributed by atoms with van der Waals surface area (Å²) in [6.07, 6.45) is 2.85. The van der Waals surface area contributed by atoms with E-state index in [0.717, 1.165) is 35.6 Å². The number of piperidine rings is 1. The van der Waals surface area contributed by atoms with E-state index in [-0.39, 0.29) is 12.0 Å². The van der Waals surface area contributed by atoms with E-state index in [1.807, 2.05) is 34.5 Å². The van der Waals surface area contributed by atoms with Crippen molar-refractivity contribution in [3.63, 3.8) is 0 Å². The Labute approximate surface area is 157 Å². The minimum absolute atomic E-state index is 0.00131. The van der Waals surface area contributed by atoms with Gasteiger partial charge in [0.25, 0.3) is 5.91 Å². The highest BCUT2D eigenvalue weighted by Crippen LogP contribution is 2.26. The fourth-order valence-electron chi connectivity index (χ4n) is 2.96. The second kappa shape index (κ2) is 9.12. The van der Waals surface area contributed by atoms with Crippen molar-refractivity contribution in [3.8, 4) is 16.3 Å². The summed E-state index contributed by atoms with van der Waals surface area (Å²) in [5.41, 5.74) is 6.99. The number of hydrogen-bond acceptors (Lipinski definition) is 6. The number of rotatable bonds is 7. The van der Waals surface area contributed by atoms with E-state index < -0.39 is 0 Å². The highest BCUT2D eigenvalue weighted by molar-refractivity contribution is 7.13. The van der Waals surface area contributed by atoms with Crippen molar-refractivity contribution in [1.82, 2.24) is 9.88 Å². The van der Waals surface area contributed by atoms with Crippen molar-refractivity contribution >= 4 is 17.2 Å². The molecule has 1 saturated heterocycles. The predicted octanol–water partition coefficient (Wildman–Crippen LogP) is 2.79. The average molecular weight is 375 g/mol. The molecule has 6 nitrogen and oxygen atoms in total. The van der Waals surface area contributed by atoms with Crippen LogP contribution in [0.4, 0.5) is 0 Å². The third-order valence-corrected chi connectivity index (χ3v) is 5.38. The van der Waals surface area contributed by atoms with Crippen LogP contribution in [0.25, 0.3) is 10.6 Å². The number of carbonyl (C=O) groups is 1. The van der Waals surface area contributed by atoms with Crippen molar-refractivity contribution < 1.29 is 14.3 Å². The van der Waals surface area contributed by atoms with Gasteiger partial charge in [0.05, 0.1) is 13.2 Å². The van der Waals surface area contributed by atoms with Crippen LogP contribution in [0.2, 0.25) is 0 Å². The molecule has 0 spiro atoms. The van der Waals surface area contributed by atoms with Crippen molar-refractivity contribution in [2.75, 3.05) is 33.4 Å². The number of hydrogen-bond donors (Lipinski definition) is 1. The second-order valence-electron chi connectivity index (χ2n) is 6.27. The topological polar surface area (TPSA) is 77.7 Å². The van der Waals surface area contributed by atoms with Crippen LogP contribution in [0, 0.1) is 0 Å². The Morgan fingerprint density at radius 2 is 2.04 bits per heavy atom. The Balaban J connectivity index is 1.56. The summed E-state index contributed by atoms with van der Waals surface area (Å²) in [7, 11) is 1.64. The molecule has 2 N–H and O–H groups in total. The number of likely N-dealkylation sites (tertiary alicyclic amines) is 1. The molecule has 7 heteroatoms. The van der Waals surface area contributed by atoms with Crippen molar-refractivity contribution in [3.05, 3.63) is 35.3 Å². The second-order valence-corrected chi connectivity index (χ2v) is 7.13. The summed E-state index contributed by atoms with van der Waals surface area (Å²) < 4.78 is 11.0. The SMILES string of the molecule is COc1ccc(-c2nc(C(=O)N3CCC(OCCCN)CC3)cs2)cc1. The lowest BCUT2D eigenvalue weighted by molar-refractivity contribution is 0.00831. The van der Waals surface area contributed by atoms with E-state index in [4.69, 9.17) is 15.2 Å². The maximum Gasteiger partial charge on any atom is 0.273 e. The Hall–Kier alpha value is -1.96. The first kappa shape index (κ1) is 18.8. The van der Waals surface area contributed by atoms with Crippen molar-refractivity contribution in [1.29, 1.82) is 0 Å². The first-order valence-electron chi connectivity index (χ1n) is 8.92. The fraction of sp³-hybridized carbons (Fsp3) is 0.474. The van der Waals surface area contributed by atoms with Gasteiger partial charge in [-0.1, -0.05) is 0 Å². The van der Waals surface area contributed by atoms with Crippen LogP contribution in [0.5, 0.6) is 5.75 Å². The van der Waals surface area contributed by atoms with Gasteiger partial charge in [-0.05, 0) is 50.1 Å². The van der Waals surface area contributed by atoms with Crippen LogP contribution in [-0.2, 0) is 4.74 Å². The van der Waals surface area contributed by atoms with Gasteiger partial charge in [0, 0.05) is 30.6 Å². The molecule has 1 amide bonds. The number of aromatic nitrogens is 1. The van der Waals surface area contributed by atoms with Crippen molar-refractivity contribution in [2.24, 2.45) is 5.73 Å². The van der Waals surface area contributed by atoms with E-state index in [9.17, 15) is 4.79 Å². The van der Waals surface area contributed by atoms with Crippen LogP contribution in [0.1, 0.15) is 29.8 Å². The molecule has 0 radical (unpaired) electrons. The number of amides is 1. The van der Waals surface area contributed by atoms with Gasteiger partial charge < -0.3 is 20.1 Å². The molecule has 1 aromatic heterocycles. The molecule has 140 valence electrons. The zero-order chi connectivity index (χ0) is 18.4. The van der Waals surface area contributed by atoms with Gasteiger partial charge >= 0.3 is 0 Å². The monoisotopic (exact) mass is 375 g/mol.